The SMILES string of the molecule is CCCCCCCCC(COc1ccccc1)NN. The van der Waals surface area contributed by atoms with Gasteiger partial charge in [-0.3, -0.25) is 11.3 Å². The molecule has 0 amide bonds. The maximum absolute atomic E-state index is 5.71. The molecule has 3 heteroatoms. The van der Waals surface area contributed by atoms with Crippen LogP contribution in [-0.2, 0) is 0 Å². The summed E-state index contributed by atoms with van der Waals surface area (Å²) in [6.45, 7) is 2.88. The Balaban J connectivity index is 2.09. The van der Waals surface area contributed by atoms with E-state index in [4.69, 9.17) is 10.6 Å². The van der Waals surface area contributed by atoms with Crippen LogP contribution < -0.4 is 16.0 Å². The fraction of sp³-hybridized carbons (Fsp3) is 0.625. The zero-order valence-electron chi connectivity index (χ0n) is 12.1. The fourth-order valence-electron chi connectivity index (χ4n) is 2.10. The van der Waals surface area contributed by atoms with Crippen LogP contribution in [-0.4, -0.2) is 12.6 Å². The highest BCUT2D eigenvalue weighted by Crippen LogP contribution is 2.11. The maximum atomic E-state index is 5.71. The van der Waals surface area contributed by atoms with Crippen LogP contribution in [0.4, 0.5) is 0 Å². The molecule has 0 saturated heterocycles. The summed E-state index contributed by atoms with van der Waals surface area (Å²) in [5.74, 6) is 6.48. The van der Waals surface area contributed by atoms with Gasteiger partial charge in [0.15, 0.2) is 0 Å². The number of nitrogens with two attached hydrogens (primary N) is 1. The number of hydrogen-bond acceptors (Lipinski definition) is 3. The Kier molecular flexibility index (Phi) is 9.11. The van der Waals surface area contributed by atoms with E-state index in [1.165, 1.54) is 38.5 Å². The fourth-order valence-corrected chi connectivity index (χ4v) is 2.10. The number of para-hydroxylation sites is 1. The van der Waals surface area contributed by atoms with Gasteiger partial charge in [0.2, 0.25) is 0 Å². The molecule has 0 aliphatic carbocycles. The molecule has 108 valence electrons. The molecule has 0 aliphatic rings. The molecule has 3 nitrogen and oxygen atoms in total. The predicted octanol–water partition coefficient (Wildman–Crippen LogP) is 3.65. The Morgan fingerprint density at radius 3 is 2.42 bits per heavy atom. The second-order valence-electron chi connectivity index (χ2n) is 5.04. The van der Waals surface area contributed by atoms with Crippen molar-refractivity contribution >= 4 is 0 Å². The molecule has 0 aliphatic heterocycles. The molecular weight excluding hydrogens is 236 g/mol. The number of rotatable bonds is 11. The smallest absolute Gasteiger partial charge is 0.119 e. The average Bonchev–Trinajstić information content (AvgIpc) is 2.47. The highest BCUT2D eigenvalue weighted by Gasteiger charge is 2.07. The van der Waals surface area contributed by atoms with Gasteiger partial charge in [-0.2, -0.15) is 0 Å². The molecular formula is C16H28N2O. The highest BCUT2D eigenvalue weighted by molar-refractivity contribution is 5.20. The lowest BCUT2D eigenvalue weighted by molar-refractivity contribution is 0.254. The van der Waals surface area contributed by atoms with Gasteiger partial charge < -0.3 is 4.74 Å². The lowest BCUT2D eigenvalue weighted by Gasteiger charge is -2.16. The van der Waals surface area contributed by atoms with Crippen molar-refractivity contribution in [1.82, 2.24) is 5.43 Å². The van der Waals surface area contributed by atoms with Crippen molar-refractivity contribution in [3.05, 3.63) is 30.3 Å². The van der Waals surface area contributed by atoms with Crippen LogP contribution in [0.5, 0.6) is 5.75 Å². The van der Waals surface area contributed by atoms with E-state index in [1.807, 2.05) is 30.3 Å². The molecule has 0 radical (unpaired) electrons. The van der Waals surface area contributed by atoms with Crippen molar-refractivity contribution in [2.24, 2.45) is 5.84 Å². The first-order valence-electron chi connectivity index (χ1n) is 7.50. The van der Waals surface area contributed by atoms with E-state index in [0.717, 1.165) is 12.2 Å². The monoisotopic (exact) mass is 264 g/mol. The van der Waals surface area contributed by atoms with Gasteiger partial charge >= 0.3 is 0 Å². The molecule has 0 saturated carbocycles. The van der Waals surface area contributed by atoms with Gasteiger partial charge in [0.25, 0.3) is 0 Å². The standard InChI is InChI=1S/C16H28N2O/c1-2-3-4-5-6-8-11-15(18-17)14-19-16-12-9-7-10-13-16/h7,9-10,12-13,15,18H,2-6,8,11,14,17H2,1H3. The molecule has 0 fully saturated rings. The Morgan fingerprint density at radius 2 is 1.74 bits per heavy atom. The molecule has 0 bridgehead atoms. The minimum Gasteiger partial charge on any atom is -0.492 e. The van der Waals surface area contributed by atoms with Crippen LogP contribution >= 0.6 is 0 Å². The second-order valence-corrected chi connectivity index (χ2v) is 5.04. The van der Waals surface area contributed by atoms with Crippen molar-refractivity contribution in [3.8, 4) is 5.75 Å². The van der Waals surface area contributed by atoms with Crippen LogP contribution in [0.2, 0.25) is 0 Å². The average molecular weight is 264 g/mol. The Bertz CT molecular complexity index is 303. The maximum Gasteiger partial charge on any atom is 0.119 e. The summed E-state index contributed by atoms with van der Waals surface area (Å²) in [7, 11) is 0. The first-order chi connectivity index (χ1) is 9.36. The molecule has 0 heterocycles. The van der Waals surface area contributed by atoms with Crippen LogP contribution in [0.25, 0.3) is 0 Å². The Labute approximate surface area is 117 Å². The van der Waals surface area contributed by atoms with E-state index in [-0.39, 0.29) is 6.04 Å². The molecule has 0 aromatic heterocycles. The van der Waals surface area contributed by atoms with Crippen molar-refractivity contribution in [1.29, 1.82) is 0 Å². The Hall–Kier alpha value is -1.06. The third kappa shape index (κ3) is 7.85. The summed E-state index contributed by atoms with van der Waals surface area (Å²) in [5, 5.41) is 0. The molecule has 19 heavy (non-hydrogen) atoms. The number of benzene rings is 1. The predicted molar refractivity (Wildman–Crippen MR) is 81.0 cm³/mol. The third-order valence-corrected chi connectivity index (χ3v) is 3.34. The number of unbranched alkanes of at least 4 members (excludes halogenated alkanes) is 5. The Morgan fingerprint density at radius 1 is 1.05 bits per heavy atom. The largest absolute Gasteiger partial charge is 0.492 e. The van der Waals surface area contributed by atoms with Gasteiger partial charge in [-0.05, 0) is 18.6 Å². The zero-order valence-corrected chi connectivity index (χ0v) is 12.1. The van der Waals surface area contributed by atoms with Gasteiger partial charge in [-0.15, -0.1) is 0 Å². The van der Waals surface area contributed by atoms with Crippen LogP contribution in [0.15, 0.2) is 30.3 Å². The van der Waals surface area contributed by atoms with Crippen molar-refractivity contribution < 1.29 is 4.74 Å². The first kappa shape index (κ1) is 16.0. The van der Waals surface area contributed by atoms with Crippen molar-refractivity contribution in [2.45, 2.75) is 57.9 Å². The number of nitrogens with one attached hydrogen (secondary N) is 1. The normalized spacial score (nSPS) is 12.3. The van der Waals surface area contributed by atoms with Gasteiger partial charge in [0.1, 0.15) is 12.4 Å². The molecule has 1 aromatic carbocycles. The highest BCUT2D eigenvalue weighted by atomic mass is 16.5. The van der Waals surface area contributed by atoms with E-state index in [1.54, 1.807) is 0 Å². The van der Waals surface area contributed by atoms with Gasteiger partial charge in [-0.25, -0.2) is 0 Å². The minimum absolute atomic E-state index is 0.242. The summed E-state index contributed by atoms with van der Waals surface area (Å²) in [6.07, 6.45) is 8.95. The summed E-state index contributed by atoms with van der Waals surface area (Å²) in [4.78, 5) is 0. The lowest BCUT2D eigenvalue weighted by atomic mass is 10.1. The molecule has 1 unspecified atom stereocenters. The van der Waals surface area contributed by atoms with Crippen LogP contribution in [0.3, 0.4) is 0 Å². The summed E-state index contributed by atoms with van der Waals surface area (Å²) >= 11 is 0. The van der Waals surface area contributed by atoms with E-state index in [2.05, 4.69) is 12.3 Å². The molecule has 1 rings (SSSR count). The quantitative estimate of drug-likeness (QED) is 0.364. The summed E-state index contributed by atoms with van der Waals surface area (Å²) in [5.41, 5.74) is 2.85. The lowest BCUT2D eigenvalue weighted by Crippen LogP contribution is -2.39. The van der Waals surface area contributed by atoms with E-state index in [9.17, 15) is 0 Å². The van der Waals surface area contributed by atoms with Crippen LogP contribution in [0.1, 0.15) is 51.9 Å². The van der Waals surface area contributed by atoms with Crippen LogP contribution in [0, 0.1) is 0 Å². The van der Waals surface area contributed by atoms with E-state index < -0.39 is 0 Å². The number of ether oxygens (including phenoxy) is 1. The topological polar surface area (TPSA) is 47.3 Å². The molecule has 3 N–H and O–H groups in total. The van der Waals surface area contributed by atoms with Crippen molar-refractivity contribution in [2.75, 3.05) is 6.61 Å². The minimum atomic E-state index is 0.242. The summed E-state index contributed by atoms with van der Waals surface area (Å²) in [6, 6.07) is 10.1. The second kappa shape index (κ2) is 10.8. The third-order valence-electron chi connectivity index (χ3n) is 3.34. The van der Waals surface area contributed by atoms with E-state index >= 15 is 0 Å². The number of hydrogen-bond donors (Lipinski definition) is 2. The van der Waals surface area contributed by atoms with Crippen molar-refractivity contribution in [3.63, 3.8) is 0 Å². The zero-order chi connectivity index (χ0) is 13.8. The van der Waals surface area contributed by atoms with Gasteiger partial charge in [0.05, 0.1) is 6.04 Å². The van der Waals surface area contributed by atoms with E-state index in [0.29, 0.717) is 6.61 Å². The van der Waals surface area contributed by atoms with Gasteiger partial charge in [-0.1, -0.05) is 63.6 Å². The molecule has 1 aromatic rings. The molecule has 0 spiro atoms. The molecule has 1 atom stereocenters. The van der Waals surface area contributed by atoms with Gasteiger partial charge in [0, 0.05) is 0 Å². The number of hydrazine groups is 1. The summed E-state index contributed by atoms with van der Waals surface area (Å²) < 4.78 is 5.71. The first-order valence-corrected chi connectivity index (χ1v) is 7.50.